The molecule has 1 heterocycles. The molecule has 0 saturated heterocycles. The van der Waals surface area contributed by atoms with Crippen LogP contribution in [0.3, 0.4) is 0 Å². The summed E-state index contributed by atoms with van der Waals surface area (Å²) in [5.41, 5.74) is 0.735. The standard InChI is InChI=1S/C10H9BrFN5O/c11-8-3-2-7(12)5-6(8)1-4-9(18)13-10-14-16-17-15-10/h2-3,5H,1,4H2,(H2,13,14,15,16,17,18). The van der Waals surface area contributed by atoms with Crippen LogP contribution in [0.25, 0.3) is 0 Å². The van der Waals surface area contributed by atoms with Crippen molar-refractivity contribution in [3.05, 3.63) is 34.1 Å². The highest BCUT2D eigenvalue weighted by molar-refractivity contribution is 9.10. The van der Waals surface area contributed by atoms with E-state index in [1.165, 1.54) is 12.1 Å². The third kappa shape index (κ3) is 3.33. The molecule has 94 valence electrons. The number of rotatable bonds is 4. The number of nitrogens with zero attached hydrogens (tertiary/aromatic N) is 3. The normalized spacial score (nSPS) is 10.3. The Morgan fingerprint density at radius 3 is 3.06 bits per heavy atom. The van der Waals surface area contributed by atoms with Crippen molar-refractivity contribution in [2.75, 3.05) is 5.32 Å². The number of carbonyl (C=O) groups is 1. The molecule has 0 aliphatic rings. The molecule has 0 atom stereocenters. The molecule has 0 spiro atoms. The van der Waals surface area contributed by atoms with Gasteiger partial charge in [-0.2, -0.15) is 5.21 Å². The average molecular weight is 314 g/mol. The number of halogens is 2. The van der Waals surface area contributed by atoms with E-state index in [2.05, 4.69) is 41.9 Å². The van der Waals surface area contributed by atoms with Crippen LogP contribution < -0.4 is 5.32 Å². The molecule has 2 rings (SSSR count). The monoisotopic (exact) mass is 313 g/mol. The highest BCUT2D eigenvalue weighted by atomic mass is 79.9. The van der Waals surface area contributed by atoms with Gasteiger partial charge in [-0.25, -0.2) is 4.39 Å². The molecule has 0 saturated carbocycles. The minimum Gasteiger partial charge on any atom is -0.292 e. The van der Waals surface area contributed by atoms with Gasteiger partial charge in [-0.15, -0.1) is 5.10 Å². The Bertz CT molecular complexity index is 545. The molecule has 8 heteroatoms. The lowest BCUT2D eigenvalue weighted by atomic mass is 10.1. The highest BCUT2D eigenvalue weighted by Gasteiger charge is 2.08. The zero-order chi connectivity index (χ0) is 13.0. The van der Waals surface area contributed by atoms with Crippen molar-refractivity contribution in [2.45, 2.75) is 12.8 Å². The first kappa shape index (κ1) is 12.6. The SMILES string of the molecule is O=C(CCc1cc(F)ccc1Br)Nc1nn[nH]n1. The predicted octanol–water partition coefficient (Wildman–Crippen LogP) is 1.67. The summed E-state index contributed by atoms with van der Waals surface area (Å²) in [6, 6.07) is 4.36. The number of aromatic amines is 1. The van der Waals surface area contributed by atoms with Crippen LogP contribution in [-0.2, 0) is 11.2 Å². The van der Waals surface area contributed by atoms with E-state index >= 15 is 0 Å². The minimum atomic E-state index is -0.327. The fourth-order valence-corrected chi connectivity index (χ4v) is 1.83. The molecular weight excluding hydrogens is 305 g/mol. The first-order valence-electron chi connectivity index (χ1n) is 5.12. The molecule has 2 N–H and O–H groups in total. The largest absolute Gasteiger partial charge is 0.292 e. The van der Waals surface area contributed by atoms with E-state index in [-0.39, 0.29) is 24.1 Å². The number of carbonyl (C=O) groups excluding carboxylic acids is 1. The lowest BCUT2D eigenvalue weighted by Crippen LogP contribution is -2.13. The van der Waals surface area contributed by atoms with Crippen LogP contribution in [0.4, 0.5) is 10.3 Å². The van der Waals surface area contributed by atoms with Crippen molar-refractivity contribution >= 4 is 27.8 Å². The van der Waals surface area contributed by atoms with Crippen LogP contribution in [0.2, 0.25) is 0 Å². The van der Waals surface area contributed by atoms with Crippen molar-refractivity contribution in [3.8, 4) is 0 Å². The summed E-state index contributed by atoms with van der Waals surface area (Å²) < 4.78 is 13.8. The Kier molecular flexibility index (Phi) is 3.98. The van der Waals surface area contributed by atoms with Crippen molar-refractivity contribution in [2.24, 2.45) is 0 Å². The molecule has 1 amide bonds. The van der Waals surface area contributed by atoms with E-state index in [1.54, 1.807) is 6.07 Å². The fraction of sp³-hybridized carbons (Fsp3) is 0.200. The van der Waals surface area contributed by atoms with Crippen molar-refractivity contribution < 1.29 is 9.18 Å². The third-order valence-electron chi connectivity index (χ3n) is 2.23. The van der Waals surface area contributed by atoms with Crippen molar-refractivity contribution in [1.82, 2.24) is 20.6 Å². The fourth-order valence-electron chi connectivity index (χ4n) is 1.39. The van der Waals surface area contributed by atoms with E-state index < -0.39 is 0 Å². The summed E-state index contributed by atoms with van der Waals surface area (Å²) in [7, 11) is 0. The topological polar surface area (TPSA) is 83.6 Å². The number of aryl methyl sites for hydroxylation is 1. The highest BCUT2D eigenvalue weighted by Crippen LogP contribution is 2.19. The zero-order valence-corrected chi connectivity index (χ0v) is 10.7. The van der Waals surface area contributed by atoms with Gasteiger partial charge < -0.3 is 0 Å². The number of tetrazole rings is 1. The lowest BCUT2D eigenvalue weighted by Gasteiger charge is -2.04. The molecule has 1 aromatic heterocycles. The molecule has 0 bridgehead atoms. The molecule has 0 fully saturated rings. The first-order chi connectivity index (χ1) is 8.65. The second kappa shape index (κ2) is 5.67. The van der Waals surface area contributed by atoms with Gasteiger partial charge in [0.15, 0.2) is 0 Å². The maximum atomic E-state index is 13.0. The van der Waals surface area contributed by atoms with Gasteiger partial charge in [0.05, 0.1) is 0 Å². The molecule has 2 aromatic rings. The minimum absolute atomic E-state index is 0.123. The summed E-state index contributed by atoms with van der Waals surface area (Å²) in [4.78, 5) is 11.5. The number of anilines is 1. The lowest BCUT2D eigenvalue weighted by molar-refractivity contribution is -0.116. The average Bonchev–Trinajstić information content (AvgIpc) is 2.83. The third-order valence-corrected chi connectivity index (χ3v) is 3.00. The van der Waals surface area contributed by atoms with Gasteiger partial charge in [-0.05, 0) is 35.4 Å². The van der Waals surface area contributed by atoms with Crippen LogP contribution in [0.15, 0.2) is 22.7 Å². The summed E-state index contributed by atoms with van der Waals surface area (Å²) in [5, 5.41) is 15.2. The van der Waals surface area contributed by atoms with E-state index in [9.17, 15) is 9.18 Å². The van der Waals surface area contributed by atoms with Gasteiger partial charge in [0.1, 0.15) is 5.82 Å². The van der Waals surface area contributed by atoms with Gasteiger partial charge in [0.2, 0.25) is 5.91 Å². The number of hydrogen-bond acceptors (Lipinski definition) is 4. The number of hydrogen-bond donors (Lipinski definition) is 2. The van der Waals surface area contributed by atoms with Crippen molar-refractivity contribution in [3.63, 3.8) is 0 Å². The molecule has 18 heavy (non-hydrogen) atoms. The van der Waals surface area contributed by atoms with Gasteiger partial charge in [-0.3, -0.25) is 10.1 Å². The molecule has 6 nitrogen and oxygen atoms in total. The second-order valence-corrected chi connectivity index (χ2v) is 4.37. The molecular formula is C10H9BrFN5O. The number of nitrogens with one attached hydrogen (secondary N) is 2. The number of amides is 1. The zero-order valence-electron chi connectivity index (χ0n) is 9.15. The van der Waals surface area contributed by atoms with Crippen LogP contribution in [0, 0.1) is 5.82 Å². The predicted molar refractivity (Wildman–Crippen MR) is 65.2 cm³/mol. The molecule has 0 aliphatic heterocycles. The number of H-pyrrole nitrogens is 1. The van der Waals surface area contributed by atoms with E-state index in [4.69, 9.17) is 0 Å². The van der Waals surface area contributed by atoms with E-state index in [0.717, 1.165) is 10.0 Å². The molecule has 0 radical (unpaired) electrons. The Balaban J connectivity index is 1.91. The van der Waals surface area contributed by atoms with E-state index in [0.29, 0.717) is 6.42 Å². The molecule has 0 aliphatic carbocycles. The van der Waals surface area contributed by atoms with Crippen LogP contribution in [-0.4, -0.2) is 26.5 Å². The summed E-state index contributed by atoms with van der Waals surface area (Å²) >= 11 is 3.30. The van der Waals surface area contributed by atoms with Gasteiger partial charge >= 0.3 is 0 Å². The quantitative estimate of drug-likeness (QED) is 0.899. The first-order valence-corrected chi connectivity index (χ1v) is 5.91. The van der Waals surface area contributed by atoms with Crippen LogP contribution in [0.1, 0.15) is 12.0 Å². The Morgan fingerprint density at radius 1 is 1.50 bits per heavy atom. The van der Waals surface area contributed by atoms with Gasteiger partial charge in [-0.1, -0.05) is 21.0 Å². The number of aromatic nitrogens is 4. The molecule has 1 aromatic carbocycles. The summed E-state index contributed by atoms with van der Waals surface area (Å²) in [6.45, 7) is 0. The molecule has 0 unspecified atom stereocenters. The Morgan fingerprint density at radius 2 is 2.33 bits per heavy atom. The van der Waals surface area contributed by atoms with Crippen molar-refractivity contribution in [1.29, 1.82) is 0 Å². The summed E-state index contributed by atoms with van der Waals surface area (Å²) in [5.74, 6) is -0.461. The maximum absolute atomic E-state index is 13.0. The Hall–Kier alpha value is -1.83. The van der Waals surface area contributed by atoms with Crippen LogP contribution >= 0.6 is 15.9 Å². The smallest absolute Gasteiger partial charge is 0.269 e. The van der Waals surface area contributed by atoms with Gasteiger partial charge in [0.25, 0.3) is 5.95 Å². The van der Waals surface area contributed by atoms with E-state index in [1.807, 2.05) is 0 Å². The maximum Gasteiger partial charge on any atom is 0.269 e. The number of benzene rings is 1. The van der Waals surface area contributed by atoms with Gasteiger partial charge in [0, 0.05) is 10.9 Å². The Labute approximate surface area is 110 Å². The van der Waals surface area contributed by atoms with Crippen LogP contribution in [0.5, 0.6) is 0 Å². The summed E-state index contributed by atoms with van der Waals surface area (Å²) in [6.07, 6.45) is 0.624. The second-order valence-electron chi connectivity index (χ2n) is 3.52.